The summed E-state index contributed by atoms with van der Waals surface area (Å²) in [5, 5.41) is 7.77. The summed E-state index contributed by atoms with van der Waals surface area (Å²) in [7, 11) is 2.12. The van der Waals surface area contributed by atoms with E-state index in [9.17, 15) is 0 Å². The average molecular weight is 241 g/mol. The molecule has 1 saturated heterocycles. The Labute approximate surface area is 97.5 Å². The summed E-state index contributed by atoms with van der Waals surface area (Å²) in [5.74, 6) is 1.24. The van der Waals surface area contributed by atoms with E-state index in [1.54, 1.807) is 0 Å². The molecule has 5 heteroatoms. The summed E-state index contributed by atoms with van der Waals surface area (Å²) in [5.41, 5.74) is 0.130. The summed E-state index contributed by atoms with van der Waals surface area (Å²) in [4.78, 5) is 2.29. The number of halogens is 2. The molecule has 0 bridgehead atoms. The molecule has 2 fully saturated rings. The highest BCUT2D eigenvalue weighted by molar-refractivity contribution is 5.85. The summed E-state index contributed by atoms with van der Waals surface area (Å²) in [6.45, 7) is 4.75. The van der Waals surface area contributed by atoms with Gasteiger partial charge in [0.25, 0.3) is 0 Å². The van der Waals surface area contributed by atoms with Gasteiger partial charge in [-0.25, -0.2) is 0 Å². The van der Waals surface area contributed by atoms with Crippen LogP contribution in [0.3, 0.4) is 0 Å². The van der Waals surface area contributed by atoms with Crippen LogP contribution in [0.2, 0.25) is 0 Å². The van der Waals surface area contributed by atoms with E-state index < -0.39 is 0 Å². The van der Waals surface area contributed by atoms with Crippen LogP contribution in [0.1, 0.15) is 13.3 Å². The van der Waals surface area contributed by atoms with Crippen LogP contribution < -0.4 is 0 Å². The minimum Gasteiger partial charge on any atom is -0.481 e. The van der Waals surface area contributed by atoms with Crippen molar-refractivity contribution in [1.82, 2.24) is 4.90 Å². The maximum atomic E-state index is 7.77. The van der Waals surface area contributed by atoms with Gasteiger partial charge in [0.15, 0.2) is 5.90 Å². The Balaban J connectivity index is 0.000000845. The fourth-order valence-corrected chi connectivity index (χ4v) is 2.37. The van der Waals surface area contributed by atoms with Crippen molar-refractivity contribution >= 4 is 30.7 Å². The first-order valence-corrected chi connectivity index (χ1v) is 4.59. The molecule has 84 valence electrons. The van der Waals surface area contributed by atoms with Gasteiger partial charge < -0.3 is 9.64 Å². The number of fused-ring (bicyclic) bond motifs is 1. The lowest BCUT2D eigenvalue weighted by Crippen LogP contribution is -2.26. The van der Waals surface area contributed by atoms with Crippen LogP contribution in [0.4, 0.5) is 0 Å². The van der Waals surface area contributed by atoms with Gasteiger partial charge in [-0.05, 0) is 26.3 Å². The first-order valence-electron chi connectivity index (χ1n) is 4.59. The Bertz CT molecular complexity index is 225. The van der Waals surface area contributed by atoms with Crippen molar-refractivity contribution in [3.8, 4) is 0 Å². The third kappa shape index (κ3) is 2.00. The SMILES string of the molecule is CCOC(=N)C12CC1CN(C)C2.Cl.Cl. The van der Waals surface area contributed by atoms with E-state index in [4.69, 9.17) is 10.1 Å². The molecule has 0 aromatic heterocycles. The lowest BCUT2D eigenvalue weighted by Gasteiger charge is -2.16. The van der Waals surface area contributed by atoms with E-state index in [0.717, 1.165) is 13.1 Å². The molecule has 1 heterocycles. The third-order valence-electron chi connectivity index (χ3n) is 3.06. The number of rotatable bonds is 2. The number of piperidine rings is 1. The minimum atomic E-state index is 0. The summed E-state index contributed by atoms with van der Waals surface area (Å²) >= 11 is 0. The molecule has 0 radical (unpaired) electrons. The molecule has 3 nitrogen and oxygen atoms in total. The maximum Gasteiger partial charge on any atom is 0.188 e. The number of likely N-dealkylation sites (tertiary alicyclic amines) is 1. The topological polar surface area (TPSA) is 36.3 Å². The van der Waals surface area contributed by atoms with Gasteiger partial charge in [0.2, 0.25) is 0 Å². The van der Waals surface area contributed by atoms with Gasteiger partial charge in [0.1, 0.15) is 0 Å². The summed E-state index contributed by atoms with van der Waals surface area (Å²) in [6.07, 6.45) is 1.18. The number of hydrogen-bond acceptors (Lipinski definition) is 3. The van der Waals surface area contributed by atoms with Crippen LogP contribution in [0.25, 0.3) is 0 Å². The third-order valence-corrected chi connectivity index (χ3v) is 3.06. The van der Waals surface area contributed by atoms with Gasteiger partial charge in [0.05, 0.1) is 12.0 Å². The van der Waals surface area contributed by atoms with E-state index in [0.29, 0.717) is 18.4 Å². The number of hydrogen-bond donors (Lipinski definition) is 1. The molecule has 2 rings (SSSR count). The molecular weight excluding hydrogens is 223 g/mol. The zero-order valence-corrected chi connectivity index (χ0v) is 10.2. The Morgan fingerprint density at radius 2 is 2.21 bits per heavy atom. The second kappa shape index (κ2) is 4.69. The Kier molecular flexibility index (Phi) is 4.69. The van der Waals surface area contributed by atoms with Crippen LogP contribution in [0, 0.1) is 16.7 Å². The van der Waals surface area contributed by atoms with Crippen LogP contribution in [-0.2, 0) is 4.74 Å². The molecule has 1 aliphatic heterocycles. The van der Waals surface area contributed by atoms with E-state index in [1.165, 1.54) is 6.42 Å². The van der Waals surface area contributed by atoms with Gasteiger partial charge in [-0.15, -0.1) is 24.8 Å². The zero-order valence-electron chi connectivity index (χ0n) is 8.58. The lowest BCUT2D eigenvalue weighted by molar-refractivity contribution is 0.278. The predicted molar refractivity (Wildman–Crippen MR) is 61.9 cm³/mol. The first kappa shape index (κ1) is 14.0. The van der Waals surface area contributed by atoms with E-state index in [2.05, 4.69) is 11.9 Å². The molecule has 1 saturated carbocycles. The number of ether oxygens (including phenoxy) is 1. The molecular formula is C9H18Cl2N2O. The molecule has 14 heavy (non-hydrogen) atoms. The largest absolute Gasteiger partial charge is 0.481 e. The highest BCUT2D eigenvalue weighted by Crippen LogP contribution is 2.58. The van der Waals surface area contributed by atoms with Crippen molar-refractivity contribution < 1.29 is 4.74 Å². The Hall–Kier alpha value is 0.01000. The lowest BCUT2D eigenvalue weighted by atomic mass is 10.1. The van der Waals surface area contributed by atoms with Crippen molar-refractivity contribution in [1.29, 1.82) is 5.41 Å². The van der Waals surface area contributed by atoms with Crippen molar-refractivity contribution in [2.45, 2.75) is 13.3 Å². The molecule has 2 aliphatic rings. The standard InChI is InChI=1S/C9H16N2O.2ClH/c1-3-12-8(10)9-4-7(9)5-11(2)6-9;;/h7,10H,3-6H2,1-2H3;2*1H. The second-order valence-electron chi connectivity index (χ2n) is 4.02. The second-order valence-corrected chi connectivity index (χ2v) is 4.02. The van der Waals surface area contributed by atoms with Gasteiger partial charge in [0, 0.05) is 13.1 Å². The smallest absolute Gasteiger partial charge is 0.188 e. The van der Waals surface area contributed by atoms with Crippen LogP contribution >= 0.6 is 24.8 Å². The molecule has 2 atom stereocenters. The Morgan fingerprint density at radius 1 is 1.57 bits per heavy atom. The van der Waals surface area contributed by atoms with Crippen LogP contribution in [0.5, 0.6) is 0 Å². The molecule has 1 N–H and O–H groups in total. The van der Waals surface area contributed by atoms with Crippen molar-refractivity contribution in [3.63, 3.8) is 0 Å². The first-order chi connectivity index (χ1) is 5.69. The highest BCUT2D eigenvalue weighted by Gasteiger charge is 2.63. The molecule has 1 aliphatic carbocycles. The summed E-state index contributed by atoms with van der Waals surface area (Å²) in [6, 6.07) is 0. The average Bonchev–Trinajstić information content (AvgIpc) is 2.57. The number of nitrogens with one attached hydrogen (secondary N) is 1. The molecule has 0 amide bonds. The molecule has 2 unspecified atom stereocenters. The van der Waals surface area contributed by atoms with E-state index in [1.807, 2.05) is 6.92 Å². The van der Waals surface area contributed by atoms with E-state index in [-0.39, 0.29) is 30.2 Å². The predicted octanol–water partition coefficient (Wildman–Crippen LogP) is 1.80. The minimum absolute atomic E-state index is 0. The molecule has 0 spiro atoms. The van der Waals surface area contributed by atoms with Crippen molar-refractivity contribution in [2.75, 3.05) is 26.7 Å². The quantitative estimate of drug-likeness (QED) is 0.591. The monoisotopic (exact) mass is 240 g/mol. The fourth-order valence-electron chi connectivity index (χ4n) is 2.37. The van der Waals surface area contributed by atoms with Gasteiger partial charge in [-0.2, -0.15) is 0 Å². The maximum absolute atomic E-state index is 7.77. The molecule has 0 aromatic rings. The van der Waals surface area contributed by atoms with Crippen LogP contribution in [-0.4, -0.2) is 37.5 Å². The van der Waals surface area contributed by atoms with Gasteiger partial charge in [-0.3, -0.25) is 5.41 Å². The zero-order chi connectivity index (χ0) is 8.77. The van der Waals surface area contributed by atoms with Gasteiger partial charge in [-0.1, -0.05) is 0 Å². The fraction of sp³-hybridized carbons (Fsp3) is 0.889. The van der Waals surface area contributed by atoms with Crippen molar-refractivity contribution in [3.05, 3.63) is 0 Å². The summed E-state index contributed by atoms with van der Waals surface area (Å²) < 4.78 is 5.28. The van der Waals surface area contributed by atoms with Crippen LogP contribution in [0.15, 0.2) is 0 Å². The normalized spacial score (nSPS) is 33.7. The Morgan fingerprint density at radius 3 is 2.64 bits per heavy atom. The molecule has 0 aromatic carbocycles. The van der Waals surface area contributed by atoms with Gasteiger partial charge >= 0.3 is 0 Å². The number of nitrogens with zero attached hydrogens (tertiary/aromatic N) is 1. The van der Waals surface area contributed by atoms with E-state index >= 15 is 0 Å². The van der Waals surface area contributed by atoms with Crippen molar-refractivity contribution in [2.24, 2.45) is 11.3 Å². The highest BCUT2D eigenvalue weighted by atomic mass is 35.5.